The van der Waals surface area contributed by atoms with E-state index >= 15 is 0 Å². The second-order valence-corrected chi connectivity index (χ2v) is 4.98. The molecule has 2 rings (SSSR count). The Hall–Kier alpha value is -2.43. The lowest BCUT2D eigenvalue weighted by atomic mass is 10.0. The first kappa shape index (κ1) is 15.0. The van der Waals surface area contributed by atoms with Gasteiger partial charge in [-0.2, -0.15) is 0 Å². The first-order valence-electron chi connectivity index (χ1n) is 6.58. The van der Waals surface area contributed by atoms with Gasteiger partial charge >= 0.3 is 6.03 Å². The molecule has 0 aromatic heterocycles. The summed E-state index contributed by atoms with van der Waals surface area (Å²) in [6.45, 7) is 4.15. The standard InChI is InChI=1S/C16H16F2N2O/c1-10(2)11-3-6-13(7-4-11)19-16(21)20-15-8-5-12(17)9-14(15)18/h3-10H,1-2H3,(H2,19,20,21). The van der Waals surface area contributed by atoms with Gasteiger partial charge < -0.3 is 10.6 Å². The van der Waals surface area contributed by atoms with Gasteiger partial charge in [0.1, 0.15) is 11.6 Å². The van der Waals surface area contributed by atoms with Crippen molar-refractivity contribution in [2.45, 2.75) is 19.8 Å². The van der Waals surface area contributed by atoms with Gasteiger partial charge in [-0.3, -0.25) is 0 Å². The first-order chi connectivity index (χ1) is 9.95. The summed E-state index contributed by atoms with van der Waals surface area (Å²) in [4.78, 5) is 11.8. The van der Waals surface area contributed by atoms with Crippen LogP contribution in [-0.2, 0) is 0 Å². The Kier molecular flexibility index (Phi) is 4.52. The van der Waals surface area contributed by atoms with Crippen LogP contribution in [0, 0.1) is 11.6 Å². The fourth-order valence-electron chi connectivity index (χ4n) is 1.83. The van der Waals surface area contributed by atoms with Crippen molar-refractivity contribution in [3.63, 3.8) is 0 Å². The maximum absolute atomic E-state index is 13.4. The Morgan fingerprint density at radius 1 is 1.00 bits per heavy atom. The van der Waals surface area contributed by atoms with Crippen LogP contribution in [0.25, 0.3) is 0 Å². The Labute approximate surface area is 122 Å². The van der Waals surface area contributed by atoms with Crippen LogP contribution in [0.2, 0.25) is 0 Å². The number of carbonyl (C=O) groups is 1. The van der Waals surface area contributed by atoms with Gasteiger partial charge in [0.2, 0.25) is 0 Å². The molecule has 2 aromatic rings. The highest BCUT2D eigenvalue weighted by Crippen LogP contribution is 2.18. The lowest BCUT2D eigenvalue weighted by Crippen LogP contribution is -2.20. The maximum Gasteiger partial charge on any atom is 0.323 e. The minimum atomic E-state index is -0.819. The Morgan fingerprint density at radius 2 is 1.67 bits per heavy atom. The number of rotatable bonds is 3. The normalized spacial score (nSPS) is 10.5. The molecule has 0 aliphatic heterocycles. The molecule has 3 nitrogen and oxygen atoms in total. The molecule has 2 aromatic carbocycles. The SMILES string of the molecule is CC(C)c1ccc(NC(=O)Nc2ccc(F)cc2F)cc1. The van der Waals surface area contributed by atoms with Crippen molar-refractivity contribution in [1.29, 1.82) is 0 Å². The average Bonchev–Trinajstić information content (AvgIpc) is 2.42. The summed E-state index contributed by atoms with van der Waals surface area (Å²) in [5.41, 5.74) is 1.68. The largest absolute Gasteiger partial charge is 0.323 e. The van der Waals surface area contributed by atoms with Crippen LogP contribution in [-0.4, -0.2) is 6.03 Å². The zero-order chi connectivity index (χ0) is 15.4. The predicted molar refractivity (Wildman–Crippen MR) is 79.5 cm³/mol. The quantitative estimate of drug-likeness (QED) is 0.842. The van der Waals surface area contributed by atoms with Crippen molar-refractivity contribution < 1.29 is 13.6 Å². The Morgan fingerprint density at radius 3 is 2.24 bits per heavy atom. The van der Waals surface area contributed by atoms with Crippen LogP contribution in [0.4, 0.5) is 25.0 Å². The number of hydrogen-bond donors (Lipinski definition) is 2. The van der Waals surface area contributed by atoms with E-state index in [0.29, 0.717) is 17.7 Å². The van der Waals surface area contributed by atoms with Gasteiger partial charge in [0.15, 0.2) is 0 Å². The van der Waals surface area contributed by atoms with E-state index in [9.17, 15) is 13.6 Å². The van der Waals surface area contributed by atoms with E-state index in [2.05, 4.69) is 24.5 Å². The molecule has 0 heterocycles. The van der Waals surface area contributed by atoms with Gasteiger partial charge in [0.25, 0.3) is 0 Å². The van der Waals surface area contributed by atoms with Gasteiger partial charge in [-0.15, -0.1) is 0 Å². The molecule has 0 atom stereocenters. The van der Waals surface area contributed by atoms with Gasteiger partial charge in [-0.25, -0.2) is 13.6 Å². The van der Waals surface area contributed by atoms with E-state index in [-0.39, 0.29) is 5.69 Å². The number of nitrogens with one attached hydrogen (secondary N) is 2. The lowest BCUT2D eigenvalue weighted by Gasteiger charge is -2.10. The molecule has 0 spiro atoms. The third-order valence-corrected chi connectivity index (χ3v) is 3.01. The first-order valence-corrected chi connectivity index (χ1v) is 6.58. The van der Waals surface area contributed by atoms with E-state index in [4.69, 9.17) is 0 Å². The second-order valence-electron chi connectivity index (χ2n) is 4.98. The molecule has 0 aliphatic carbocycles. The number of anilines is 2. The highest BCUT2D eigenvalue weighted by atomic mass is 19.1. The molecule has 0 radical (unpaired) electrons. The second kappa shape index (κ2) is 6.35. The summed E-state index contributed by atoms with van der Waals surface area (Å²) in [7, 11) is 0. The molecule has 5 heteroatoms. The highest BCUT2D eigenvalue weighted by Gasteiger charge is 2.08. The van der Waals surface area contributed by atoms with Crippen molar-refractivity contribution in [1.82, 2.24) is 0 Å². The molecule has 0 bridgehead atoms. The fourth-order valence-corrected chi connectivity index (χ4v) is 1.83. The van der Waals surface area contributed by atoms with Crippen molar-refractivity contribution >= 4 is 17.4 Å². The Bertz CT molecular complexity index is 639. The monoisotopic (exact) mass is 290 g/mol. The number of carbonyl (C=O) groups excluding carboxylic acids is 1. The van der Waals surface area contributed by atoms with Crippen molar-refractivity contribution in [2.75, 3.05) is 10.6 Å². The van der Waals surface area contributed by atoms with Gasteiger partial charge in [-0.1, -0.05) is 26.0 Å². The van der Waals surface area contributed by atoms with Crippen LogP contribution in [0.3, 0.4) is 0 Å². The number of benzene rings is 2. The van der Waals surface area contributed by atoms with E-state index in [1.807, 2.05) is 12.1 Å². The Balaban J connectivity index is 2.01. The predicted octanol–water partition coefficient (Wildman–Crippen LogP) is 4.73. The van der Waals surface area contributed by atoms with Gasteiger partial charge in [0.05, 0.1) is 5.69 Å². The summed E-state index contributed by atoms with van der Waals surface area (Å²) in [6.07, 6.45) is 0. The molecule has 0 aliphatic rings. The fraction of sp³-hybridized carbons (Fsp3) is 0.188. The van der Waals surface area contributed by atoms with E-state index in [0.717, 1.165) is 11.6 Å². The highest BCUT2D eigenvalue weighted by molar-refractivity contribution is 5.99. The maximum atomic E-state index is 13.4. The van der Waals surface area contributed by atoms with Crippen molar-refractivity contribution in [2.24, 2.45) is 0 Å². The molecule has 2 amide bonds. The number of amides is 2. The van der Waals surface area contributed by atoms with E-state index in [1.165, 1.54) is 6.07 Å². The average molecular weight is 290 g/mol. The molecule has 0 saturated carbocycles. The van der Waals surface area contributed by atoms with Crippen LogP contribution in [0.1, 0.15) is 25.3 Å². The zero-order valence-corrected chi connectivity index (χ0v) is 11.8. The van der Waals surface area contributed by atoms with Crippen LogP contribution >= 0.6 is 0 Å². The molecular weight excluding hydrogens is 274 g/mol. The van der Waals surface area contributed by atoms with E-state index in [1.54, 1.807) is 12.1 Å². The van der Waals surface area contributed by atoms with E-state index < -0.39 is 17.7 Å². The third kappa shape index (κ3) is 4.02. The summed E-state index contributed by atoms with van der Waals surface area (Å²) in [5, 5.41) is 4.92. The smallest absolute Gasteiger partial charge is 0.308 e. The van der Waals surface area contributed by atoms with Crippen molar-refractivity contribution in [3.8, 4) is 0 Å². The molecule has 0 fully saturated rings. The van der Waals surface area contributed by atoms with Crippen LogP contribution in [0.15, 0.2) is 42.5 Å². The number of urea groups is 1. The number of hydrogen-bond acceptors (Lipinski definition) is 1. The minimum absolute atomic E-state index is 0.0762. The van der Waals surface area contributed by atoms with Crippen LogP contribution < -0.4 is 10.6 Å². The summed E-state index contributed by atoms with van der Waals surface area (Å²) in [5.74, 6) is -1.11. The topological polar surface area (TPSA) is 41.1 Å². The summed E-state index contributed by atoms with van der Waals surface area (Å²) in [6, 6.07) is 9.76. The molecular formula is C16H16F2N2O. The van der Waals surface area contributed by atoms with Gasteiger partial charge in [0, 0.05) is 11.8 Å². The molecule has 21 heavy (non-hydrogen) atoms. The summed E-state index contributed by atoms with van der Waals surface area (Å²) >= 11 is 0. The molecule has 2 N–H and O–H groups in total. The third-order valence-electron chi connectivity index (χ3n) is 3.01. The molecule has 0 unspecified atom stereocenters. The lowest BCUT2D eigenvalue weighted by molar-refractivity contribution is 0.262. The van der Waals surface area contributed by atoms with Crippen molar-refractivity contribution in [3.05, 3.63) is 59.7 Å². The zero-order valence-electron chi connectivity index (χ0n) is 11.8. The van der Waals surface area contributed by atoms with Crippen LogP contribution in [0.5, 0.6) is 0 Å². The van der Waals surface area contributed by atoms with Gasteiger partial charge in [-0.05, 0) is 35.7 Å². The number of halogens is 2. The molecule has 0 saturated heterocycles. The summed E-state index contributed by atoms with van der Waals surface area (Å²) < 4.78 is 26.2. The molecule has 110 valence electrons. The minimum Gasteiger partial charge on any atom is -0.308 e.